The average molecular weight is 601 g/mol. The zero-order valence-corrected chi connectivity index (χ0v) is 24.9. The van der Waals surface area contributed by atoms with E-state index >= 15 is 0 Å². The lowest BCUT2D eigenvalue weighted by Gasteiger charge is -2.32. The molecule has 9 nitrogen and oxygen atoms in total. The number of amides is 2. The van der Waals surface area contributed by atoms with Crippen molar-refractivity contribution < 1.29 is 18.7 Å². The van der Waals surface area contributed by atoms with Crippen LogP contribution in [0, 0.1) is 19.7 Å². The minimum atomic E-state index is -1.05. The molecule has 222 valence electrons. The molecule has 4 aromatic rings. The first kappa shape index (κ1) is 30.1. The highest BCUT2D eigenvalue weighted by Gasteiger charge is 2.32. The maximum Gasteiger partial charge on any atom is 0.251 e. The second kappa shape index (κ2) is 14.2. The second-order valence-electron chi connectivity index (χ2n) is 10.2. The van der Waals surface area contributed by atoms with Gasteiger partial charge in [-0.3, -0.25) is 14.6 Å². The molecule has 1 N–H and O–H groups in total. The Bertz CT molecular complexity index is 1510. The van der Waals surface area contributed by atoms with Gasteiger partial charge in [0.15, 0.2) is 5.16 Å². The van der Waals surface area contributed by atoms with E-state index in [1.165, 1.54) is 40.9 Å². The molecule has 43 heavy (non-hydrogen) atoms. The van der Waals surface area contributed by atoms with E-state index in [9.17, 15) is 14.0 Å². The summed E-state index contributed by atoms with van der Waals surface area (Å²) < 4.78 is 19.4. The quantitative estimate of drug-likeness (QED) is 0.201. The minimum Gasteiger partial charge on any atom is -0.378 e. The van der Waals surface area contributed by atoms with Crippen LogP contribution in [0.5, 0.6) is 0 Å². The summed E-state index contributed by atoms with van der Waals surface area (Å²) >= 11 is 1.21. The van der Waals surface area contributed by atoms with Crippen LogP contribution in [0.4, 0.5) is 15.8 Å². The molecule has 5 rings (SSSR count). The summed E-state index contributed by atoms with van der Waals surface area (Å²) in [6, 6.07) is 17.7. The van der Waals surface area contributed by atoms with Crippen LogP contribution >= 0.6 is 11.8 Å². The van der Waals surface area contributed by atoms with Crippen LogP contribution in [-0.2, 0) is 20.9 Å². The van der Waals surface area contributed by atoms with Crippen molar-refractivity contribution in [3.63, 3.8) is 0 Å². The lowest BCUT2D eigenvalue weighted by atomic mass is 10.0. The molecule has 0 radical (unpaired) electrons. The zero-order valence-electron chi connectivity index (χ0n) is 24.1. The first-order valence-corrected chi connectivity index (χ1v) is 15.0. The summed E-state index contributed by atoms with van der Waals surface area (Å²) in [5.41, 5.74) is 4.46. The number of hydrogen-bond donors (Lipinski definition) is 1. The van der Waals surface area contributed by atoms with Gasteiger partial charge in [-0.15, -0.1) is 0 Å². The predicted octanol–water partition coefficient (Wildman–Crippen LogP) is 4.97. The van der Waals surface area contributed by atoms with Crippen LogP contribution in [-0.4, -0.2) is 63.7 Å². The predicted molar refractivity (Wildman–Crippen MR) is 164 cm³/mol. The van der Waals surface area contributed by atoms with Gasteiger partial charge in [0.25, 0.3) is 5.91 Å². The van der Waals surface area contributed by atoms with E-state index in [4.69, 9.17) is 4.74 Å². The third-order valence-corrected chi connectivity index (χ3v) is 7.77. The molecule has 0 saturated carbocycles. The van der Waals surface area contributed by atoms with Gasteiger partial charge in [0.1, 0.15) is 11.9 Å². The fourth-order valence-electron chi connectivity index (χ4n) is 4.88. The molecule has 1 aliphatic heterocycles. The number of morpholine rings is 1. The molecular weight excluding hydrogens is 567 g/mol. The van der Waals surface area contributed by atoms with Crippen LogP contribution in [0.2, 0.25) is 0 Å². The first-order valence-electron chi connectivity index (χ1n) is 14.0. The molecule has 2 aromatic carbocycles. The van der Waals surface area contributed by atoms with Gasteiger partial charge in [-0.05, 0) is 73.5 Å². The Balaban J connectivity index is 1.43. The molecule has 1 unspecified atom stereocenters. The summed E-state index contributed by atoms with van der Waals surface area (Å²) in [6.45, 7) is 6.81. The first-order chi connectivity index (χ1) is 20.9. The number of carbonyl (C=O) groups is 2. The van der Waals surface area contributed by atoms with Crippen molar-refractivity contribution in [1.29, 1.82) is 0 Å². The molecule has 0 spiro atoms. The number of nitrogens with zero attached hydrogens (tertiary/aromatic N) is 5. The Morgan fingerprint density at radius 3 is 2.37 bits per heavy atom. The number of aromatic nitrogens is 3. The van der Waals surface area contributed by atoms with Crippen LogP contribution in [0.1, 0.15) is 28.6 Å². The molecule has 0 aliphatic carbocycles. The Hall–Kier alpha value is -4.35. The van der Waals surface area contributed by atoms with Gasteiger partial charge in [-0.2, -0.15) is 0 Å². The summed E-state index contributed by atoms with van der Waals surface area (Å²) in [5, 5.41) is 3.46. The Kier molecular flexibility index (Phi) is 9.96. The summed E-state index contributed by atoms with van der Waals surface area (Å²) in [4.78, 5) is 44.7. The zero-order chi connectivity index (χ0) is 30.2. The van der Waals surface area contributed by atoms with Crippen LogP contribution in [0.3, 0.4) is 0 Å². The highest BCUT2D eigenvalue weighted by Crippen LogP contribution is 2.28. The number of rotatable bonds is 10. The van der Waals surface area contributed by atoms with Gasteiger partial charge in [0.05, 0.1) is 19.0 Å². The van der Waals surface area contributed by atoms with E-state index in [0.717, 1.165) is 35.7 Å². The van der Waals surface area contributed by atoms with E-state index in [0.29, 0.717) is 29.6 Å². The number of ether oxygens (including phenoxy) is 1. The van der Waals surface area contributed by atoms with Gasteiger partial charge < -0.3 is 19.9 Å². The lowest BCUT2D eigenvalue weighted by molar-refractivity contribution is -0.137. The number of thioether (sulfide) groups is 1. The standard InChI is InChI=1S/C32H33FN6O3S/c1-22-18-23(2)36-32(35-22)43-21-29(40)39(20-24-4-3-13-34-19-24)30(25-5-7-26(33)8-6-25)31(41)37-27-9-11-28(12-10-27)38-14-16-42-17-15-38/h3-13,18-19,30H,14-17,20-21H2,1-2H3,(H,37,41). The van der Waals surface area contributed by atoms with Crippen molar-refractivity contribution in [2.75, 3.05) is 42.3 Å². The van der Waals surface area contributed by atoms with Gasteiger partial charge in [0.2, 0.25) is 5.91 Å². The Morgan fingerprint density at radius 2 is 1.72 bits per heavy atom. The highest BCUT2D eigenvalue weighted by molar-refractivity contribution is 7.99. The molecule has 1 atom stereocenters. The number of benzene rings is 2. The number of anilines is 2. The summed E-state index contributed by atoms with van der Waals surface area (Å²) in [5.74, 6) is -1.16. The molecule has 1 saturated heterocycles. The number of halogens is 1. The molecule has 0 bridgehead atoms. The molecular formula is C32H33FN6O3S. The molecule has 3 heterocycles. The van der Waals surface area contributed by atoms with E-state index in [1.807, 2.05) is 50.2 Å². The largest absolute Gasteiger partial charge is 0.378 e. The monoisotopic (exact) mass is 600 g/mol. The maximum absolute atomic E-state index is 14.0. The Morgan fingerprint density at radius 1 is 1.02 bits per heavy atom. The van der Waals surface area contributed by atoms with Crippen LogP contribution in [0.25, 0.3) is 0 Å². The Labute approximate surface area is 254 Å². The second-order valence-corrected chi connectivity index (χ2v) is 11.1. The van der Waals surface area contributed by atoms with Crippen LogP contribution in [0.15, 0.2) is 84.3 Å². The highest BCUT2D eigenvalue weighted by atomic mass is 32.2. The van der Waals surface area contributed by atoms with Crippen molar-refractivity contribution in [1.82, 2.24) is 19.9 Å². The fourth-order valence-corrected chi connectivity index (χ4v) is 5.72. The van der Waals surface area contributed by atoms with Gasteiger partial charge >= 0.3 is 0 Å². The van der Waals surface area contributed by atoms with E-state index in [1.54, 1.807) is 18.5 Å². The molecule has 1 fully saturated rings. The van der Waals surface area contributed by atoms with Gasteiger partial charge in [-0.25, -0.2) is 14.4 Å². The minimum absolute atomic E-state index is 0.00236. The summed E-state index contributed by atoms with van der Waals surface area (Å²) in [6.07, 6.45) is 3.30. The lowest BCUT2D eigenvalue weighted by Crippen LogP contribution is -2.42. The van der Waals surface area contributed by atoms with Crippen molar-refractivity contribution in [3.05, 3.63) is 107 Å². The molecule has 2 amide bonds. The van der Waals surface area contributed by atoms with Crippen molar-refractivity contribution in [3.8, 4) is 0 Å². The fraction of sp³-hybridized carbons (Fsp3) is 0.281. The number of nitrogens with one attached hydrogen (secondary N) is 1. The van der Waals surface area contributed by atoms with Crippen molar-refractivity contribution >= 4 is 35.0 Å². The van der Waals surface area contributed by atoms with Gasteiger partial charge in [0, 0.05) is 54.8 Å². The van der Waals surface area contributed by atoms with Crippen molar-refractivity contribution in [2.45, 2.75) is 31.6 Å². The third-order valence-electron chi connectivity index (χ3n) is 6.94. The maximum atomic E-state index is 14.0. The van der Waals surface area contributed by atoms with E-state index in [2.05, 4.69) is 25.2 Å². The van der Waals surface area contributed by atoms with Crippen molar-refractivity contribution in [2.24, 2.45) is 0 Å². The van der Waals surface area contributed by atoms with Gasteiger partial charge in [-0.1, -0.05) is 30.0 Å². The smallest absolute Gasteiger partial charge is 0.251 e. The SMILES string of the molecule is Cc1cc(C)nc(SCC(=O)N(Cc2cccnc2)C(C(=O)Nc2ccc(N3CCOCC3)cc2)c2ccc(F)cc2)n1. The third kappa shape index (κ3) is 8.14. The molecule has 1 aliphatic rings. The molecule has 11 heteroatoms. The van der Waals surface area contributed by atoms with Crippen LogP contribution < -0.4 is 10.2 Å². The summed E-state index contributed by atoms with van der Waals surface area (Å²) in [7, 11) is 0. The number of hydrogen-bond acceptors (Lipinski definition) is 8. The average Bonchev–Trinajstić information content (AvgIpc) is 3.01. The number of aryl methyl sites for hydroxylation is 2. The van der Waals surface area contributed by atoms with E-state index in [-0.39, 0.29) is 18.2 Å². The van der Waals surface area contributed by atoms with E-state index < -0.39 is 17.8 Å². The molecule has 2 aromatic heterocycles. The number of pyridine rings is 1. The normalized spacial score (nSPS) is 13.8. The topological polar surface area (TPSA) is 101 Å². The number of carbonyl (C=O) groups excluding carboxylic acids is 2.